The maximum Gasteiger partial charge on any atom is 0.341 e. The first-order valence-electron chi connectivity index (χ1n) is 5.54. The van der Waals surface area contributed by atoms with E-state index in [-0.39, 0.29) is 5.82 Å². The summed E-state index contributed by atoms with van der Waals surface area (Å²) in [5.41, 5.74) is -1.21. The van der Waals surface area contributed by atoms with E-state index in [0.717, 1.165) is 18.2 Å². The predicted molar refractivity (Wildman–Crippen MR) is 62.9 cm³/mol. The van der Waals surface area contributed by atoms with Gasteiger partial charge >= 0.3 is 5.69 Å². The van der Waals surface area contributed by atoms with Crippen molar-refractivity contribution < 1.29 is 18.7 Å². The molecule has 0 saturated heterocycles. The van der Waals surface area contributed by atoms with E-state index in [4.69, 9.17) is 0 Å². The van der Waals surface area contributed by atoms with Crippen LogP contribution in [0.1, 0.15) is 22.3 Å². The van der Waals surface area contributed by atoms with Crippen LogP contribution in [-0.2, 0) is 0 Å². The summed E-state index contributed by atoms with van der Waals surface area (Å²) in [5.74, 6) is -2.92. The van der Waals surface area contributed by atoms with Crippen molar-refractivity contribution in [2.45, 2.75) is 6.10 Å². The van der Waals surface area contributed by atoms with Crippen LogP contribution in [0, 0.1) is 11.6 Å². The van der Waals surface area contributed by atoms with E-state index in [9.17, 15) is 23.5 Å². The Hall–Kier alpha value is -2.55. The smallest absolute Gasteiger partial charge is 0.341 e. The Morgan fingerprint density at radius 2 is 2.05 bits per heavy atom. The Morgan fingerprint density at radius 1 is 1.40 bits per heavy atom. The van der Waals surface area contributed by atoms with Gasteiger partial charge in [0.25, 0.3) is 5.91 Å². The van der Waals surface area contributed by atoms with Gasteiger partial charge in [-0.2, -0.15) is 0 Å². The zero-order chi connectivity index (χ0) is 14.7. The van der Waals surface area contributed by atoms with Crippen molar-refractivity contribution >= 4 is 5.91 Å². The summed E-state index contributed by atoms with van der Waals surface area (Å²) in [6.45, 7) is -0.439. The lowest BCUT2D eigenvalue weighted by molar-refractivity contribution is 0.0901. The first kappa shape index (κ1) is 13.9. The normalized spacial score (nSPS) is 12.2. The van der Waals surface area contributed by atoms with E-state index in [1.165, 1.54) is 0 Å². The molecule has 2 aromatic rings. The maximum atomic E-state index is 13.4. The van der Waals surface area contributed by atoms with E-state index in [0.29, 0.717) is 0 Å². The predicted octanol–water partition coefficient (Wildman–Crippen LogP) is -0.160. The molecule has 0 saturated carbocycles. The van der Waals surface area contributed by atoms with Gasteiger partial charge in [0.1, 0.15) is 17.7 Å². The van der Waals surface area contributed by atoms with Crippen LogP contribution in [0.25, 0.3) is 0 Å². The van der Waals surface area contributed by atoms with E-state index in [2.05, 4.69) is 15.4 Å². The molecule has 1 amide bonds. The fourth-order valence-electron chi connectivity index (χ4n) is 1.58. The highest BCUT2D eigenvalue weighted by atomic mass is 19.1. The van der Waals surface area contributed by atoms with Crippen LogP contribution in [0.3, 0.4) is 0 Å². The fraction of sp³-hybridized carbons (Fsp3) is 0.182. The van der Waals surface area contributed by atoms with Crippen molar-refractivity contribution in [3.8, 4) is 0 Å². The number of aromatic amines is 2. The number of amides is 1. The number of H-pyrrole nitrogens is 2. The van der Waals surface area contributed by atoms with Crippen molar-refractivity contribution in [1.82, 2.24) is 20.5 Å². The average Bonchev–Trinajstić information content (AvgIpc) is 2.82. The lowest BCUT2D eigenvalue weighted by atomic mass is 10.1. The third-order valence-corrected chi connectivity index (χ3v) is 2.51. The number of carbonyl (C=O) groups excluding carboxylic acids is 1. The number of hydrogen-bond donors (Lipinski definition) is 4. The Labute approximate surface area is 110 Å². The third kappa shape index (κ3) is 2.88. The third-order valence-electron chi connectivity index (χ3n) is 2.51. The molecular weight excluding hydrogens is 274 g/mol. The quantitative estimate of drug-likeness (QED) is 0.625. The van der Waals surface area contributed by atoms with Gasteiger partial charge in [-0.15, -0.1) is 5.10 Å². The molecule has 106 valence electrons. The first-order chi connectivity index (χ1) is 9.49. The minimum absolute atomic E-state index is 0.295. The molecule has 1 aromatic carbocycles. The summed E-state index contributed by atoms with van der Waals surface area (Å²) < 4.78 is 26.7. The second kappa shape index (κ2) is 5.61. The summed E-state index contributed by atoms with van der Waals surface area (Å²) in [7, 11) is 0. The Bertz CT molecular complexity index is 662. The molecule has 0 radical (unpaired) electrons. The number of halogens is 2. The fourth-order valence-corrected chi connectivity index (χ4v) is 1.58. The van der Waals surface area contributed by atoms with E-state index in [1.54, 1.807) is 0 Å². The second-order valence-electron chi connectivity index (χ2n) is 3.89. The van der Waals surface area contributed by atoms with Gasteiger partial charge in [0.2, 0.25) is 5.82 Å². The van der Waals surface area contributed by atoms with Crippen LogP contribution >= 0.6 is 0 Å². The van der Waals surface area contributed by atoms with Crippen LogP contribution < -0.4 is 11.0 Å². The zero-order valence-corrected chi connectivity index (χ0v) is 9.98. The zero-order valence-electron chi connectivity index (χ0n) is 9.98. The van der Waals surface area contributed by atoms with Crippen LogP contribution in [0.15, 0.2) is 23.0 Å². The summed E-state index contributed by atoms with van der Waals surface area (Å²) in [6, 6.07) is 3.15. The molecule has 0 spiro atoms. The first-order valence-corrected chi connectivity index (χ1v) is 5.54. The summed E-state index contributed by atoms with van der Waals surface area (Å²) in [4.78, 5) is 24.3. The number of hydrogen-bond acceptors (Lipinski definition) is 4. The number of nitrogens with zero attached hydrogens (tertiary/aromatic N) is 1. The molecule has 4 N–H and O–H groups in total. The SMILES string of the molecule is O=C(NCC(O)c1c(F)cccc1F)c1n[nH]c(=O)[nH]1. The summed E-state index contributed by atoms with van der Waals surface area (Å²) in [5, 5.41) is 17.2. The number of aliphatic hydroxyl groups excluding tert-OH is 1. The molecule has 0 bridgehead atoms. The van der Waals surface area contributed by atoms with Crippen LogP contribution in [0.2, 0.25) is 0 Å². The summed E-state index contributed by atoms with van der Waals surface area (Å²) in [6.07, 6.45) is -1.56. The van der Waals surface area contributed by atoms with Crippen LogP contribution in [0.4, 0.5) is 8.78 Å². The molecule has 1 atom stereocenters. The standard InChI is InChI=1S/C11H10F2N4O3/c12-5-2-1-3-6(13)8(5)7(18)4-14-10(19)9-15-11(20)17-16-9/h1-3,7,18H,4H2,(H,14,19)(H2,15,16,17,20). The number of nitrogens with one attached hydrogen (secondary N) is 3. The molecule has 2 rings (SSSR count). The molecule has 1 aromatic heterocycles. The molecule has 1 heterocycles. The Balaban J connectivity index is 2.04. The number of aromatic nitrogens is 3. The maximum absolute atomic E-state index is 13.4. The molecule has 0 aliphatic rings. The lowest BCUT2D eigenvalue weighted by Crippen LogP contribution is -2.30. The number of aliphatic hydroxyl groups is 1. The molecule has 1 unspecified atom stereocenters. The molecule has 9 heteroatoms. The number of rotatable bonds is 4. The van der Waals surface area contributed by atoms with E-state index >= 15 is 0 Å². The largest absolute Gasteiger partial charge is 0.386 e. The van der Waals surface area contributed by atoms with Crippen molar-refractivity contribution in [2.75, 3.05) is 6.54 Å². The minimum atomic E-state index is -1.56. The molecule has 7 nitrogen and oxygen atoms in total. The van der Waals surface area contributed by atoms with Gasteiger partial charge in [-0.1, -0.05) is 6.07 Å². The van der Waals surface area contributed by atoms with Gasteiger partial charge in [0, 0.05) is 6.54 Å². The van der Waals surface area contributed by atoms with Crippen molar-refractivity contribution in [3.63, 3.8) is 0 Å². The van der Waals surface area contributed by atoms with Crippen LogP contribution in [0.5, 0.6) is 0 Å². The van der Waals surface area contributed by atoms with Gasteiger partial charge < -0.3 is 10.4 Å². The Kier molecular flexibility index (Phi) is 3.89. The van der Waals surface area contributed by atoms with Gasteiger partial charge in [0.05, 0.1) is 5.56 Å². The molecular formula is C11H10F2N4O3. The number of carbonyl (C=O) groups is 1. The Morgan fingerprint density at radius 3 is 2.60 bits per heavy atom. The highest BCUT2D eigenvalue weighted by molar-refractivity contribution is 5.90. The topological polar surface area (TPSA) is 111 Å². The summed E-state index contributed by atoms with van der Waals surface area (Å²) >= 11 is 0. The van der Waals surface area contributed by atoms with Gasteiger partial charge in [-0.3, -0.25) is 9.78 Å². The lowest BCUT2D eigenvalue weighted by Gasteiger charge is -2.13. The van der Waals surface area contributed by atoms with Gasteiger partial charge in [0.15, 0.2) is 0 Å². The highest BCUT2D eigenvalue weighted by Crippen LogP contribution is 2.19. The van der Waals surface area contributed by atoms with Gasteiger partial charge in [-0.05, 0) is 12.1 Å². The van der Waals surface area contributed by atoms with Crippen LogP contribution in [-0.4, -0.2) is 32.7 Å². The van der Waals surface area contributed by atoms with Crippen molar-refractivity contribution in [2.24, 2.45) is 0 Å². The molecule has 0 aliphatic heterocycles. The van der Waals surface area contributed by atoms with E-state index in [1.807, 2.05) is 5.10 Å². The minimum Gasteiger partial charge on any atom is -0.386 e. The van der Waals surface area contributed by atoms with Crippen molar-refractivity contribution in [3.05, 3.63) is 51.7 Å². The highest BCUT2D eigenvalue weighted by Gasteiger charge is 2.19. The second-order valence-corrected chi connectivity index (χ2v) is 3.89. The van der Waals surface area contributed by atoms with Gasteiger partial charge in [-0.25, -0.2) is 18.7 Å². The van der Waals surface area contributed by atoms with Crippen molar-refractivity contribution in [1.29, 1.82) is 0 Å². The van der Waals surface area contributed by atoms with E-state index < -0.39 is 41.4 Å². The molecule has 20 heavy (non-hydrogen) atoms. The monoisotopic (exact) mass is 284 g/mol. The molecule has 0 aliphatic carbocycles. The molecule has 0 fully saturated rings. The number of benzene rings is 1. The average molecular weight is 284 g/mol.